The first-order chi connectivity index (χ1) is 16.1. The van der Waals surface area contributed by atoms with Crippen molar-refractivity contribution in [3.05, 3.63) is 71.8 Å². The van der Waals surface area contributed by atoms with Crippen molar-refractivity contribution in [2.24, 2.45) is 5.73 Å². The summed E-state index contributed by atoms with van der Waals surface area (Å²) in [6.45, 7) is 4.90. The highest BCUT2D eigenvalue weighted by atomic mass is 16.4. The average Bonchev–Trinajstić information content (AvgIpc) is 3.08. The lowest BCUT2D eigenvalue weighted by molar-refractivity contribution is -0.118. The lowest BCUT2D eigenvalue weighted by Gasteiger charge is -2.32. The van der Waals surface area contributed by atoms with Gasteiger partial charge in [0.2, 0.25) is 5.91 Å². The van der Waals surface area contributed by atoms with Crippen LogP contribution >= 0.6 is 0 Å². The molecular formula is C24H28N6O4. The van der Waals surface area contributed by atoms with Crippen molar-refractivity contribution < 1.29 is 19.5 Å². The van der Waals surface area contributed by atoms with E-state index >= 15 is 0 Å². The number of nitrogens with one attached hydrogen (secondary N) is 2. The third-order valence-corrected chi connectivity index (χ3v) is 5.01. The van der Waals surface area contributed by atoms with Crippen molar-refractivity contribution in [3.8, 4) is 0 Å². The molecule has 0 radical (unpaired) electrons. The summed E-state index contributed by atoms with van der Waals surface area (Å²) < 4.78 is 1.54. The first-order valence-electron chi connectivity index (χ1n) is 10.6. The van der Waals surface area contributed by atoms with Crippen LogP contribution in [-0.4, -0.2) is 49.8 Å². The van der Waals surface area contributed by atoms with Crippen LogP contribution in [0, 0.1) is 0 Å². The number of carboxylic acid groups (broad SMARTS) is 1. The number of rotatable bonds is 8. The molecule has 34 heavy (non-hydrogen) atoms. The van der Waals surface area contributed by atoms with Gasteiger partial charge in [-0.3, -0.25) is 14.5 Å². The standard InChI is InChI=1S/C24H28N6O4/c1-24(2,3)29(23(33)34)15-18(31)27-21-19(20(25)32)22(26-17-12-8-5-9-13-17)30(28-21)14-16-10-6-4-7-11-16/h4-13,26H,14-15H2,1-3H3,(H2,25,32)(H,33,34)(H,27,28,31). The Balaban J connectivity index is 1.99. The third-order valence-electron chi connectivity index (χ3n) is 5.01. The summed E-state index contributed by atoms with van der Waals surface area (Å²) in [4.78, 5) is 37.8. The largest absolute Gasteiger partial charge is 0.465 e. The highest BCUT2D eigenvalue weighted by Gasteiger charge is 2.30. The molecule has 1 aromatic heterocycles. The smallest absolute Gasteiger partial charge is 0.408 e. The topological polar surface area (TPSA) is 143 Å². The third kappa shape index (κ3) is 5.91. The van der Waals surface area contributed by atoms with E-state index in [1.165, 1.54) is 4.68 Å². The molecule has 0 unspecified atom stereocenters. The van der Waals surface area contributed by atoms with Crippen LogP contribution < -0.4 is 16.4 Å². The normalized spacial score (nSPS) is 11.0. The second kappa shape index (κ2) is 10.1. The minimum absolute atomic E-state index is 0.00855. The summed E-state index contributed by atoms with van der Waals surface area (Å²) >= 11 is 0. The highest BCUT2D eigenvalue weighted by molar-refractivity contribution is 6.06. The van der Waals surface area contributed by atoms with E-state index in [9.17, 15) is 19.5 Å². The number of carbonyl (C=O) groups excluding carboxylic acids is 2. The zero-order valence-corrected chi connectivity index (χ0v) is 19.3. The predicted molar refractivity (Wildman–Crippen MR) is 129 cm³/mol. The van der Waals surface area contributed by atoms with E-state index in [4.69, 9.17) is 5.73 Å². The number of hydrogen-bond acceptors (Lipinski definition) is 5. The molecule has 3 amide bonds. The zero-order chi connectivity index (χ0) is 24.9. The Morgan fingerprint density at radius 3 is 2.15 bits per heavy atom. The molecule has 3 aromatic rings. The maximum atomic E-state index is 12.7. The van der Waals surface area contributed by atoms with Gasteiger partial charge in [0, 0.05) is 11.2 Å². The molecule has 0 saturated carbocycles. The molecule has 0 atom stereocenters. The van der Waals surface area contributed by atoms with Crippen LogP contribution in [0.4, 0.5) is 22.1 Å². The number of benzene rings is 2. The lowest BCUT2D eigenvalue weighted by atomic mass is 10.1. The molecule has 0 aliphatic rings. The second-order valence-electron chi connectivity index (χ2n) is 8.66. The molecule has 3 rings (SSSR count). The van der Waals surface area contributed by atoms with Gasteiger partial charge < -0.3 is 21.5 Å². The number of hydrogen-bond donors (Lipinski definition) is 4. The van der Waals surface area contributed by atoms with Crippen molar-refractivity contribution >= 4 is 35.2 Å². The number of anilines is 3. The van der Waals surface area contributed by atoms with E-state index in [0.29, 0.717) is 18.1 Å². The van der Waals surface area contributed by atoms with Crippen molar-refractivity contribution in [2.45, 2.75) is 32.9 Å². The van der Waals surface area contributed by atoms with Gasteiger partial charge in [0.25, 0.3) is 5.91 Å². The van der Waals surface area contributed by atoms with Gasteiger partial charge in [0.15, 0.2) is 5.82 Å². The summed E-state index contributed by atoms with van der Waals surface area (Å²) in [6.07, 6.45) is -1.24. The number of aromatic nitrogens is 2. The molecule has 0 aliphatic heterocycles. The van der Waals surface area contributed by atoms with Gasteiger partial charge >= 0.3 is 6.09 Å². The number of amides is 3. The van der Waals surface area contributed by atoms with Gasteiger partial charge in [-0.05, 0) is 38.5 Å². The number of nitrogens with zero attached hydrogens (tertiary/aromatic N) is 3. The van der Waals surface area contributed by atoms with Crippen LogP contribution in [0.5, 0.6) is 0 Å². The van der Waals surface area contributed by atoms with Crippen molar-refractivity contribution in [2.75, 3.05) is 17.2 Å². The molecule has 0 fully saturated rings. The highest BCUT2D eigenvalue weighted by Crippen LogP contribution is 2.28. The van der Waals surface area contributed by atoms with Crippen molar-refractivity contribution in [1.29, 1.82) is 0 Å². The predicted octanol–water partition coefficient (Wildman–Crippen LogP) is 3.49. The van der Waals surface area contributed by atoms with Gasteiger partial charge in [-0.15, -0.1) is 0 Å². The molecule has 178 valence electrons. The van der Waals surface area contributed by atoms with Crippen molar-refractivity contribution in [1.82, 2.24) is 14.7 Å². The number of carbonyl (C=O) groups is 3. The zero-order valence-electron chi connectivity index (χ0n) is 19.3. The minimum Gasteiger partial charge on any atom is -0.465 e. The Bertz CT molecular complexity index is 1170. The fraction of sp³-hybridized carbons (Fsp3) is 0.250. The quantitative estimate of drug-likeness (QED) is 0.402. The Morgan fingerprint density at radius 2 is 1.62 bits per heavy atom. The van der Waals surface area contributed by atoms with E-state index in [0.717, 1.165) is 10.5 Å². The molecule has 2 aromatic carbocycles. The summed E-state index contributed by atoms with van der Waals surface area (Å²) in [5, 5.41) is 19.6. The Kier molecular flexibility index (Phi) is 7.20. The molecule has 0 aliphatic carbocycles. The van der Waals surface area contributed by atoms with Crippen LogP contribution in [-0.2, 0) is 11.3 Å². The summed E-state index contributed by atoms with van der Waals surface area (Å²) in [6, 6.07) is 18.6. The van der Waals surface area contributed by atoms with Crippen LogP contribution in [0.15, 0.2) is 60.7 Å². The van der Waals surface area contributed by atoms with E-state index in [2.05, 4.69) is 15.7 Å². The summed E-state index contributed by atoms with van der Waals surface area (Å²) in [5.74, 6) is -1.18. The second-order valence-corrected chi connectivity index (χ2v) is 8.66. The summed E-state index contributed by atoms with van der Waals surface area (Å²) in [7, 11) is 0. The van der Waals surface area contributed by atoms with E-state index in [1.54, 1.807) is 20.8 Å². The Hall–Kier alpha value is -4.34. The van der Waals surface area contributed by atoms with Gasteiger partial charge in [-0.2, -0.15) is 5.10 Å². The van der Waals surface area contributed by atoms with Crippen LogP contribution in [0.2, 0.25) is 0 Å². The van der Waals surface area contributed by atoms with E-state index < -0.39 is 30.0 Å². The molecule has 10 heteroatoms. The average molecular weight is 465 g/mol. The van der Waals surface area contributed by atoms with Crippen molar-refractivity contribution in [3.63, 3.8) is 0 Å². The first-order valence-corrected chi connectivity index (χ1v) is 10.6. The molecule has 0 bridgehead atoms. The SMILES string of the molecule is CC(C)(C)N(CC(=O)Nc1nn(Cc2ccccc2)c(Nc2ccccc2)c1C(N)=O)C(=O)O. The number of primary amides is 1. The molecule has 0 spiro atoms. The maximum Gasteiger partial charge on any atom is 0.408 e. The van der Waals surface area contributed by atoms with Crippen LogP contribution in [0.3, 0.4) is 0 Å². The van der Waals surface area contributed by atoms with Crippen LogP contribution in [0.1, 0.15) is 36.7 Å². The molecule has 0 saturated heterocycles. The van der Waals surface area contributed by atoms with Gasteiger partial charge in [-0.1, -0.05) is 48.5 Å². The minimum atomic E-state index is -1.24. The monoisotopic (exact) mass is 464 g/mol. The fourth-order valence-electron chi connectivity index (χ4n) is 3.35. The molecule has 10 nitrogen and oxygen atoms in total. The number of para-hydroxylation sites is 1. The Labute approximate surface area is 197 Å². The Morgan fingerprint density at radius 1 is 1.03 bits per heavy atom. The van der Waals surface area contributed by atoms with E-state index in [-0.39, 0.29) is 11.4 Å². The van der Waals surface area contributed by atoms with Crippen LogP contribution in [0.25, 0.3) is 0 Å². The van der Waals surface area contributed by atoms with Gasteiger partial charge in [0.05, 0.1) is 6.54 Å². The maximum absolute atomic E-state index is 12.7. The first kappa shape index (κ1) is 24.3. The van der Waals surface area contributed by atoms with E-state index in [1.807, 2.05) is 60.7 Å². The lowest BCUT2D eigenvalue weighted by Crippen LogP contribution is -2.48. The molecule has 5 N–H and O–H groups in total. The molecule has 1 heterocycles. The number of nitrogens with two attached hydrogens (primary N) is 1. The van der Waals surface area contributed by atoms with Gasteiger partial charge in [0.1, 0.15) is 17.9 Å². The summed E-state index contributed by atoms with van der Waals surface area (Å²) in [5.41, 5.74) is 6.48. The van der Waals surface area contributed by atoms with Gasteiger partial charge in [-0.25, -0.2) is 9.48 Å². The molecular weight excluding hydrogens is 436 g/mol. The fourth-order valence-corrected chi connectivity index (χ4v) is 3.35.